The van der Waals surface area contributed by atoms with E-state index in [1.807, 2.05) is 0 Å². The molecule has 0 unspecified atom stereocenters. The van der Waals surface area contributed by atoms with Crippen LogP contribution in [-0.4, -0.2) is 11.5 Å². The molecular formula is C8H18S2. The average Bonchev–Trinajstić information content (AvgIpc) is 1.84. The van der Waals surface area contributed by atoms with Crippen LogP contribution in [0.5, 0.6) is 0 Å². The summed E-state index contributed by atoms with van der Waals surface area (Å²) >= 11 is 8.65. The third-order valence-electron chi connectivity index (χ3n) is 2.51. The number of thiol groups is 2. The smallest absolute Gasteiger partial charge is 0.00310 e. The molecule has 0 bridgehead atoms. The lowest BCUT2D eigenvalue weighted by Gasteiger charge is -2.39. The van der Waals surface area contributed by atoms with E-state index in [1.54, 1.807) is 0 Å². The molecule has 62 valence electrons. The summed E-state index contributed by atoms with van der Waals surface area (Å²) in [5, 5.41) is 0. The Balaban J connectivity index is 4.33. The lowest BCUT2D eigenvalue weighted by molar-refractivity contribution is 0.169. The van der Waals surface area contributed by atoms with Crippen LogP contribution in [0, 0.1) is 10.8 Å². The minimum atomic E-state index is 0.249. The lowest BCUT2D eigenvalue weighted by Crippen LogP contribution is -2.36. The van der Waals surface area contributed by atoms with Crippen LogP contribution < -0.4 is 0 Å². The van der Waals surface area contributed by atoms with E-state index in [2.05, 4.69) is 53.0 Å². The van der Waals surface area contributed by atoms with Crippen molar-refractivity contribution in [3.8, 4) is 0 Å². The second-order valence-electron chi connectivity index (χ2n) is 4.13. The van der Waals surface area contributed by atoms with Crippen LogP contribution in [0.1, 0.15) is 27.7 Å². The minimum Gasteiger partial charge on any atom is -0.179 e. The molecule has 0 amide bonds. The maximum atomic E-state index is 4.33. The van der Waals surface area contributed by atoms with Gasteiger partial charge in [-0.15, -0.1) is 0 Å². The summed E-state index contributed by atoms with van der Waals surface area (Å²) in [6.45, 7) is 8.94. The second-order valence-corrected chi connectivity index (χ2v) is 4.76. The Kier molecular flexibility index (Phi) is 3.64. The molecule has 0 N–H and O–H groups in total. The predicted molar refractivity (Wildman–Crippen MR) is 55.3 cm³/mol. The van der Waals surface area contributed by atoms with Crippen molar-refractivity contribution in [3.05, 3.63) is 0 Å². The van der Waals surface area contributed by atoms with Crippen molar-refractivity contribution in [3.63, 3.8) is 0 Å². The first kappa shape index (κ1) is 10.7. The van der Waals surface area contributed by atoms with E-state index in [-0.39, 0.29) is 5.41 Å². The molecule has 0 aromatic carbocycles. The highest BCUT2D eigenvalue weighted by atomic mass is 32.1. The molecule has 0 aliphatic carbocycles. The van der Waals surface area contributed by atoms with E-state index in [1.165, 1.54) is 0 Å². The normalized spacial score (nSPS) is 13.8. The molecule has 0 saturated heterocycles. The zero-order valence-corrected chi connectivity index (χ0v) is 9.10. The van der Waals surface area contributed by atoms with E-state index >= 15 is 0 Å². The lowest BCUT2D eigenvalue weighted by atomic mass is 9.70. The van der Waals surface area contributed by atoms with Gasteiger partial charge in [-0.2, -0.15) is 25.3 Å². The summed E-state index contributed by atoms with van der Waals surface area (Å²) < 4.78 is 0. The Morgan fingerprint density at radius 2 is 1.20 bits per heavy atom. The molecular weight excluding hydrogens is 160 g/mol. The van der Waals surface area contributed by atoms with Gasteiger partial charge in [0, 0.05) is 0 Å². The highest BCUT2D eigenvalue weighted by molar-refractivity contribution is 7.81. The Morgan fingerprint density at radius 1 is 0.900 bits per heavy atom. The van der Waals surface area contributed by atoms with Crippen LogP contribution in [0.4, 0.5) is 0 Å². The quantitative estimate of drug-likeness (QED) is 0.597. The van der Waals surface area contributed by atoms with Gasteiger partial charge >= 0.3 is 0 Å². The maximum Gasteiger partial charge on any atom is -0.00310 e. The topological polar surface area (TPSA) is 0 Å². The van der Waals surface area contributed by atoms with E-state index in [4.69, 9.17) is 0 Å². The Morgan fingerprint density at radius 3 is 1.20 bits per heavy atom. The molecule has 0 rings (SSSR count). The van der Waals surface area contributed by atoms with E-state index in [9.17, 15) is 0 Å². The van der Waals surface area contributed by atoms with Gasteiger partial charge in [-0.3, -0.25) is 0 Å². The van der Waals surface area contributed by atoms with Crippen molar-refractivity contribution in [1.82, 2.24) is 0 Å². The zero-order valence-electron chi connectivity index (χ0n) is 7.31. The Hall–Kier alpha value is 0.700. The highest BCUT2D eigenvalue weighted by Crippen LogP contribution is 2.39. The van der Waals surface area contributed by atoms with Crippen molar-refractivity contribution in [2.75, 3.05) is 11.5 Å². The van der Waals surface area contributed by atoms with Crippen LogP contribution in [0.3, 0.4) is 0 Å². The van der Waals surface area contributed by atoms with Crippen LogP contribution in [-0.2, 0) is 0 Å². The first-order chi connectivity index (χ1) is 4.37. The fourth-order valence-corrected chi connectivity index (χ4v) is 1.87. The number of rotatable bonds is 2. The van der Waals surface area contributed by atoms with Crippen molar-refractivity contribution in [1.29, 1.82) is 0 Å². The zero-order chi connectivity index (χ0) is 8.41. The Bertz CT molecular complexity index is 98.3. The predicted octanol–water partition coefficient (Wildman–Crippen LogP) is 2.90. The average molecular weight is 178 g/mol. The first-order valence-electron chi connectivity index (χ1n) is 3.59. The van der Waals surface area contributed by atoms with Crippen LogP contribution in [0.15, 0.2) is 0 Å². The van der Waals surface area contributed by atoms with Crippen LogP contribution >= 0.6 is 25.3 Å². The van der Waals surface area contributed by atoms with Crippen LogP contribution in [0.25, 0.3) is 0 Å². The van der Waals surface area contributed by atoms with E-state index in [0.717, 1.165) is 11.5 Å². The van der Waals surface area contributed by atoms with Gasteiger partial charge in [0.15, 0.2) is 0 Å². The van der Waals surface area contributed by atoms with E-state index < -0.39 is 0 Å². The molecule has 0 spiro atoms. The van der Waals surface area contributed by atoms with Crippen molar-refractivity contribution in [2.45, 2.75) is 27.7 Å². The molecule has 0 heterocycles. The summed E-state index contributed by atoms with van der Waals surface area (Å²) in [4.78, 5) is 0. The summed E-state index contributed by atoms with van der Waals surface area (Å²) in [5.41, 5.74) is 0.551. The number of hydrogen-bond acceptors (Lipinski definition) is 2. The molecule has 10 heavy (non-hydrogen) atoms. The van der Waals surface area contributed by atoms with Crippen molar-refractivity contribution < 1.29 is 0 Å². The SMILES string of the molecule is CC(C)(C)C(C)(CS)CS. The molecule has 0 fully saturated rings. The summed E-state index contributed by atoms with van der Waals surface area (Å²) in [6.07, 6.45) is 0. The molecule has 2 heteroatoms. The maximum absolute atomic E-state index is 4.33. The van der Waals surface area contributed by atoms with Crippen LogP contribution in [0.2, 0.25) is 0 Å². The fraction of sp³-hybridized carbons (Fsp3) is 1.00. The fourth-order valence-electron chi connectivity index (χ4n) is 0.524. The standard InChI is InChI=1S/C8H18S2/c1-7(2,3)8(4,5-9)6-10/h9-10H,5-6H2,1-4H3. The molecule has 0 aliphatic heterocycles. The molecule has 0 atom stereocenters. The molecule has 0 aliphatic rings. The van der Waals surface area contributed by atoms with Gasteiger partial charge in [0.1, 0.15) is 0 Å². The van der Waals surface area contributed by atoms with Gasteiger partial charge in [0.25, 0.3) is 0 Å². The summed E-state index contributed by atoms with van der Waals surface area (Å²) in [7, 11) is 0. The Labute approximate surface area is 75.6 Å². The van der Waals surface area contributed by atoms with Gasteiger partial charge < -0.3 is 0 Å². The summed E-state index contributed by atoms with van der Waals surface area (Å²) in [6, 6.07) is 0. The summed E-state index contributed by atoms with van der Waals surface area (Å²) in [5.74, 6) is 1.81. The third-order valence-corrected chi connectivity index (χ3v) is 3.90. The molecule has 0 nitrogen and oxygen atoms in total. The first-order valence-corrected chi connectivity index (χ1v) is 4.85. The van der Waals surface area contributed by atoms with Gasteiger partial charge in [-0.25, -0.2) is 0 Å². The monoisotopic (exact) mass is 178 g/mol. The third kappa shape index (κ3) is 2.09. The van der Waals surface area contributed by atoms with Crippen molar-refractivity contribution in [2.24, 2.45) is 10.8 Å². The largest absolute Gasteiger partial charge is 0.179 e. The number of hydrogen-bond donors (Lipinski definition) is 2. The molecule has 0 radical (unpaired) electrons. The van der Waals surface area contributed by atoms with Crippen molar-refractivity contribution >= 4 is 25.3 Å². The van der Waals surface area contributed by atoms with Gasteiger partial charge in [-0.1, -0.05) is 27.7 Å². The van der Waals surface area contributed by atoms with Gasteiger partial charge in [0.2, 0.25) is 0 Å². The molecule has 0 saturated carbocycles. The minimum absolute atomic E-state index is 0.249. The highest BCUT2D eigenvalue weighted by Gasteiger charge is 2.34. The molecule has 0 aromatic heterocycles. The molecule has 0 aromatic rings. The van der Waals surface area contributed by atoms with E-state index in [0.29, 0.717) is 5.41 Å². The second kappa shape index (κ2) is 3.40. The van der Waals surface area contributed by atoms with Gasteiger partial charge in [0.05, 0.1) is 0 Å². The van der Waals surface area contributed by atoms with Gasteiger partial charge in [-0.05, 0) is 22.3 Å².